The lowest BCUT2D eigenvalue weighted by Gasteiger charge is -2.22. The van der Waals surface area contributed by atoms with E-state index in [1.165, 1.54) is 0 Å². The second kappa shape index (κ2) is 5.15. The molecule has 0 radical (unpaired) electrons. The maximum Gasteiger partial charge on any atom is 0.408 e. The van der Waals surface area contributed by atoms with Crippen molar-refractivity contribution in [1.82, 2.24) is 5.32 Å². The Hall–Kier alpha value is -2.04. The molecule has 1 aromatic carbocycles. The predicted molar refractivity (Wildman–Crippen MR) is 73.5 cm³/mol. The number of hydrogen-bond acceptors (Lipinski definition) is 3. The highest BCUT2D eigenvalue weighted by Gasteiger charge is 2.36. The first kappa shape index (κ1) is 14.4. The highest BCUT2D eigenvalue weighted by molar-refractivity contribution is 5.79. The minimum Gasteiger partial charge on any atom is -0.481 e. The van der Waals surface area contributed by atoms with Gasteiger partial charge < -0.3 is 15.2 Å². The maximum absolute atomic E-state index is 11.8. The summed E-state index contributed by atoms with van der Waals surface area (Å²) in [5.74, 6) is -1.45. The molecule has 0 saturated carbocycles. The van der Waals surface area contributed by atoms with E-state index in [1.807, 2.05) is 18.2 Å². The van der Waals surface area contributed by atoms with Crippen molar-refractivity contribution in [1.29, 1.82) is 0 Å². The van der Waals surface area contributed by atoms with Crippen LogP contribution in [0.4, 0.5) is 4.79 Å². The molecule has 5 heteroatoms. The second-order valence-corrected chi connectivity index (χ2v) is 5.95. The average molecular weight is 277 g/mol. The van der Waals surface area contributed by atoms with Gasteiger partial charge in [0.15, 0.2) is 0 Å². The number of benzene rings is 1. The van der Waals surface area contributed by atoms with Crippen LogP contribution in [0.2, 0.25) is 0 Å². The molecule has 1 aliphatic carbocycles. The Balaban J connectivity index is 2.15. The summed E-state index contributed by atoms with van der Waals surface area (Å²) in [5.41, 5.74) is 1.04. The lowest BCUT2D eigenvalue weighted by atomic mass is 10.0. The van der Waals surface area contributed by atoms with Crippen molar-refractivity contribution in [3.05, 3.63) is 35.4 Å². The van der Waals surface area contributed by atoms with Crippen LogP contribution in [0.25, 0.3) is 0 Å². The number of carbonyl (C=O) groups excluding carboxylic acids is 1. The number of alkyl carbamates (subject to hydrolysis) is 1. The van der Waals surface area contributed by atoms with Crippen LogP contribution in [0.3, 0.4) is 0 Å². The van der Waals surface area contributed by atoms with Crippen LogP contribution < -0.4 is 5.32 Å². The highest BCUT2D eigenvalue weighted by atomic mass is 16.6. The van der Waals surface area contributed by atoms with E-state index in [1.54, 1.807) is 26.8 Å². The summed E-state index contributed by atoms with van der Waals surface area (Å²) in [7, 11) is 0. The van der Waals surface area contributed by atoms with Gasteiger partial charge in [-0.05, 0) is 38.3 Å². The number of rotatable bonds is 2. The zero-order valence-electron chi connectivity index (χ0n) is 11.8. The molecule has 20 heavy (non-hydrogen) atoms. The number of hydrogen-bond donors (Lipinski definition) is 2. The van der Waals surface area contributed by atoms with Crippen molar-refractivity contribution >= 4 is 12.1 Å². The van der Waals surface area contributed by atoms with Crippen molar-refractivity contribution in [3.63, 3.8) is 0 Å². The molecular formula is C15H19NO4. The van der Waals surface area contributed by atoms with Gasteiger partial charge >= 0.3 is 12.1 Å². The minimum absolute atomic E-state index is 0.317. The fourth-order valence-corrected chi connectivity index (χ4v) is 2.46. The molecular weight excluding hydrogens is 258 g/mol. The topological polar surface area (TPSA) is 75.6 Å². The van der Waals surface area contributed by atoms with Crippen molar-refractivity contribution in [3.8, 4) is 0 Å². The molecule has 108 valence electrons. The number of nitrogens with one attached hydrogen (secondary N) is 1. The van der Waals surface area contributed by atoms with E-state index in [0.717, 1.165) is 11.1 Å². The predicted octanol–water partition coefficient (Wildman–Crippen LogP) is 2.82. The zero-order valence-corrected chi connectivity index (χ0v) is 11.8. The Labute approximate surface area is 117 Å². The van der Waals surface area contributed by atoms with Gasteiger partial charge in [-0.1, -0.05) is 24.3 Å². The number of carboxylic acids is 1. The Morgan fingerprint density at radius 1 is 1.25 bits per heavy atom. The molecule has 1 aromatic rings. The van der Waals surface area contributed by atoms with E-state index in [-0.39, 0.29) is 6.04 Å². The van der Waals surface area contributed by atoms with Crippen LogP contribution in [0, 0.1) is 0 Å². The second-order valence-electron chi connectivity index (χ2n) is 5.95. The van der Waals surface area contributed by atoms with Gasteiger partial charge in [0.1, 0.15) is 5.60 Å². The number of ether oxygens (including phenoxy) is 1. The highest BCUT2D eigenvalue weighted by Crippen LogP contribution is 2.40. The molecule has 0 unspecified atom stereocenters. The first-order chi connectivity index (χ1) is 9.28. The number of fused-ring (bicyclic) bond motifs is 1. The summed E-state index contributed by atoms with van der Waals surface area (Å²) in [5, 5.41) is 12.0. The average Bonchev–Trinajstić information content (AvgIpc) is 2.66. The molecule has 0 spiro atoms. The number of carboxylic acid groups (broad SMARTS) is 1. The summed E-state index contributed by atoms with van der Waals surface area (Å²) < 4.78 is 5.21. The number of aliphatic carboxylic acids is 1. The summed E-state index contributed by atoms with van der Waals surface area (Å²) in [6.07, 6.45) is -0.170. The molecule has 0 bridgehead atoms. The fourth-order valence-electron chi connectivity index (χ4n) is 2.46. The quantitative estimate of drug-likeness (QED) is 0.871. The van der Waals surface area contributed by atoms with Gasteiger partial charge in [-0.25, -0.2) is 4.79 Å². The van der Waals surface area contributed by atoms with Gasteiger partial charge in [0, 0.05) is 0 Å². The molecule has 2 rings (SSSR count). The summed E-state index contributed by atoms with van der Waals surface area (Å²) in [6.45, 7) is 5.36. The molecule has 5 nitrogen and oxygen atoms in total. The molecule has 2 atom stereocenters. The van der Waals surface area contributed by atoms with E-state index < -0.39 is 23.6 Å². The third-order valence-electron chi connectivity index (χ3n) is 3.21. The van der Waals surface area contributed by atoms with Crippen molar-refractivity contribution < 1.29 is 19.4 Å². The van der Waals surface area contributed by atoms with Gasteiger partial charge in [0.25, 0.3) is 0 Å². The van der Waals surface area contributed by atoms with E-state index >= 15 is 0 Å². The van der Waals surface area contributed by atoms with Gasteiger partial charge in [0.2, 0.25) is 0 Å². The number of carbonyl (C=O) groups is 2. The van der Waals surface area contributed by atoms with Crippen molar-refractivity contribution in [2.45, 2.75) is 44.8 Å². The third kappa shape index (κ3) is 3.10. The van der Waals surface area contributed by atoms with Gasteiger partial charge in [-0.3, -0.25) is 4.79 Å². The largest absolute Gasteiger partial charge is 0.481 e. The van der Waals surface area contributed by atoms with Gasteiger partial charge in [-0.2, -0.15) is 0 Å². The number of amides is 1. The third-order valence-corrected chi connectivity index (χ3v) is 3.21. The minimum atomic E-state index is -0.870. The van der Waals surface area contributed by atoms with Crippen LogP contribution in [0.15, 0.2) is 24.3 Å². The monoisotopic (exact) mass is 277 g/mol. The standard InChI is InChI=1S/C15H19NO4/c1-15(2,3)20-14(19)16-12-8-11(13(17)18)9-6-4-5-7-10(9)12/h4-7,11-12H,8H2,1-3H3,(H,16,19)(H,17,18)/t11-,12-/m1/s1. The molecule has 0 aliphatic heterocycles. The van der Waals surface area contributed by atoms with Crippen LogP contribution in [0.1, 0.15) is 50.3 Å². The molecule has 1 amide bonds. The summed E-state index contributed by atoms with van der Waals surface area (Å²) >= 11 is 0. The molecule has 0 heterocycles. The smallest absolute Gasteiger partial charge is 0.408 e. The van der Waals surface area contributed by atoms with Crippen molar-refractivity contribution in [2.24, 2.45) is 0 Å². The van der Waals surface area contributed by atoms with E-state index in [0.29, 0.717) is 6.42 Å². The van der Waals surface area contributed by atoms with Crippen LogP contribution >= 0.6 is 0 Å². The first-order valence-electron chi connectivity index (χ1n) is 6.59. The Kier molecular flexibility index (Phi) is 3.70. The van der Waals surface area contributed by atoms with Crippen LogP contribution in [-0.2, 0) is 9.53 Å². The zero-order chi connectivity index (χ0) is 14.9. The molecule has 0 aromatic heterocycles. The molecule has 1 aliphatic rings. The summed E-state index contributed by atoms with van der Waals surface area (Å²) in [6, 6.07) is 6.98. The molecule has 0 saturated heterocycles. The molecule has 0 fully saturated rings. The van der Waals surface area contributed by atoms with Crippen molar-refractivity contribution in [2.75, 3.05) is 0 Å². The first-order valence-corrected chi connectivity index (χ1v) is 6.59. The lowest BCUT2D eigenvalue weighted by Crippen LogP contribution is -2.34. The van der Waals surface area contributed by atoms with E-state index in [4.69, 9.17) is 4.74 Å². The summed E-state index contributed by atoms with van der Waals surface area (Å²) in [4.78, 5) is 23.1. The normalized spacial score (nSPS) is 21.1. The van der Waals surface area contributed by atoms with E-state index in [9.17, 15) is 14.7 Å². The Morgan fingerprint density at radius 2 is 1.85 bits per heavy atom. The fraction of sp³-hybridized carbons (Fsp3) is 0.467. The van der Waals surface area contributed by atoms with E-state index in [2.05, 4.69) is 5.32 Å². The van der Waals surface area contributed by atoms with Gasteiger partial charge in [0.05, 0.1) is 12.0 Å². The van der Waals surface area contributed by atoms with Gasteiger partial charge in [-0.15, -0.1) is 0 Å². The Morgan fingerprint density at radius 3 is 2.40 bits per heavy atom. The lowest BCUT2D eigenvalue weighted by molar-refractivity contribution is -0.138. The maximum atomic E-state index is 11.8. The Bertz CT molecular complexity index is 533. The molecule has 2 N–H and O–H groups in total. The van der Waals surface area contributed by atoms with Crippen LogP contribution in [-0.4, -0.2) is 22.8 Å². The SMILES string of the molecule is CC(C)(C)OC(=O)N[C@@H]1C[C@@H](C(=O)O)c2ccccc21. The van der Waals surface area contributed by atoms with Crippen LogP contribution in [0.5, 0.6) is 0 Å².